The van der Waals surface area contributed by atoms with Gasteiger partial charge in [0.2, 0.25) is 0 Å². The summed E-state index contributed by atoms with van der Waals surface area (Å²) in [4.78, 5) is 11.2. The van der Waals surface area contributed by atoms with Gasteiger partial charge < -0.3 is 14.6 Å². The number of ether oxygens (including phenoxy) is 2. The van der Waals surface area contributed by atoms with Crippen LogP contribution in [-0.4, -0.2) is 37.0 Å². The fourth-order valence-electron chi connectivity index (χ4n) is 2.29. The molecular formula is C9H14O4. The van der Waals surface area contributed by atoms with E-state index in [0.29, 0.717) is 12.5 Å². The third-order valence-electron chi connectivity index (χ3n) is 3.20. The molecule has 0 radical (unpaired) electrons. The van der Waals surface area contributed by atoms with Gasteiger partial charge in [0, 0.05) is 0 Å². The number of esters is 1. The first-order valence-corrected chi connectivity index (χ1v) is 4.53. The summed E-state index contributed by atoms with van der Waals surface area (Å²) in [6.07, 6.45) is 1.59. The van der Waals surface area contributed by atoms with Crippen molar-refractivity contribution in [1.29, 1.82) is 0 Å². The minimum Gasteiger partial charge on any atom is -0.469 e. The van der Waals surface area contributed by atoms with Crippen LogP contribution in [0.2, 0.25) is 0 Å². The van der Waals surface area contributed by atoms with Gasteiger partial charge in [0.05, 0.1) is 31.8 Å². The van der Waals surface area contributed by atoms with Crippen molar-refractivity contribution in [2.45, 2.75) is 18.4 Å². The van der Waals surface area contributed by atoms with Crippen LogP contribution in [-0.2, 0) is 14.3 Å². The maximum atomic E-state index is 11.2. The van der Waals surface area contributed by atoms with Gasteiger partial charge in [0.1, 0.15) is 0 Å². The van der Waals surface area contributed by atoms with Crippen LogP contribution in [0.5, 0.6) is 0 Å². The summed E-state index contributed by atoms with van der Waals surface area (Å²) < 4.78 is 10.1. The SMILES string of the molecule is COC(=O)C1COC2(CO)CC1C2. The summed E-state index contributed by atoms with van der Waals surface area (Å²) in [5.41, 5.74) is -0.324. The smallest absolute Gasteiger partial charge is 0.311 e. The quantitative estimate of drug-likeness (QED) is 0.614. The van der Waals surface area contributed by atoms with E-state index in [1.54, 1.807) is 0 Å². The fraction of sp³-hybridized carbons (Fsp3) is 0.889. The maximum Gasteiger partial charge on any atom is 0.311 e. The van der Waals surface area contributed by atoms with E-state index in [1.807, 2.05) is 0 Å². The molecule has 2 saturated heterocycles. The largest absolute Gasteiger partial charge is 0.469 e. The topological polar surface area (TPSA) is 55.8 Å². The number of carbonyl (C=O) groups excluding carboxylic acids is 1. The molecule has 0 aromatic heterocycles. The minimum absolute atomic E-state index is 0.0669. The highest BCUT2D eigenvalue weighted by Gasteiger charge is 2.54. The van der Waals surface area contributed by atoms with E-state index in [-0.39, 0.29) is 24.1 Å². The Morgan fingerprint density at radius 2 is 2.38 bits per heavy atom. The zero-order chi connectivity index (χ0) is 9.47. The van der Waals surface area contributed by atoms with Gasteiger partial charge in [0.25, 0.3) is 0 Å². The molecule has 2 heterocycles. The Bertz CT molecular complexity index is 214. The van der Waals surface area contributed by atoms with Crippen LogP contribution in [0.3, 0.4) is 0 Å². The molecule has 4 nitrogen and oxygen atoms in total. The third kappa shape index (κ3) is 1.25. The molecule has 74 valence electrons. The maximum absolute atomic E-state index is 11.2. The van der Waals surface area contributed by atoms with E-state index >= 15 is 0 Å². The third-order valence-corrected chi connectivity index (χ3v) is 3.20. The number of carbonyl (C=O) groups is 1. The molecule has 1 saturated carbocycles. The molecule has 0 aromatic carbocycles. The van der Waals surface area contributed by atoms with Crippen molar-refractivity contribution in [2.24, 2.45) is 11.8 Å². The van der Waals surface area contributed by atoms with E-state index in [4.69, 9.17) is 9.84 Å². The molecule has 2 aliphatic heterocycles. The number of hydrogen-bond acceptors (Lipinski definition) is 4. The van der Waals surface area contributed by atoms with E-state index in [0.717, 1.165) is 12.8 Å². The zero-order valence-corrected chi connectivity index (χ0v) is 7.66. The summed E-state index contributed by atoms with van der Waals surface area (Å²) in [5.74, 6) is 0.0583. The molecule has 1 atom stereocenters. The highest BCUT2D eigenvalue weighted by atomic mass is 16.5. The molecule has 4 heteroatoms. The molecule has 3 fully saturated rings. The zero-order valence-electron chi connectivity index (χ0n) is 7.66. The normalized spacial score (nSPS) is 42.3. The predicted octanol–water partition coefficient (Wildman–Crippen LogP) is -0.0531. The lowest BCUT2D eigenvalue weighted by Gasteiger charge is -2.53. The van der Waals surface area contributed by atoms with Gasteiger partial charge in [-0.15, -0.1) is 0 Å². The Labute approximate surface area is 76.8 Å². The minimum atomic E-state index is -0.324. The van der Waals surface area contributed by atoms with Crippen LogP contribution in [0.25, 0.3) is 0 Å². The van der Waals surface area contributed by atoms with Crippen LogP contribution in [0.1, 0.15) is 12.8 Å². The van der Waals surface area contributed by atoms with Crippen molar-refractivity contribution in [3.63, 3.8) is 0 Å². The van der Waals surface area contributed by atoms with Crippen molar-refractivity contribution >= 4 is 5.97 Å². The molecule has 1 N–H and O–H groups in total. The number of rotatable bonds is 2. The lowest BCUT2D eigenvalue weighted by molar-refractivity contribution is -0.227. The summed E-state index contributed by atoms with van der Waals surface area (Å²) >= 11 is 0. The van der Waals surface area contributed by atoms with Crippen molar-refractivity contribution < 1.29 is 19.4 Å². The summed E-state index contributed by atoms with van der Waals surface area (Å²) in [5, 5.41) is 9.03. The van der Waals surface area contributed by atoms with Crippen LogP contribution in [0.15, 0.2) is 0 Å². The van der Waals surface area contributed by atoms with E-state index in [1.165, 1.54) is 7.11 Å². The molecule has 0 spiro atoms. The molecule has 1 unspecified atom stereocenters. The highest BCUT2D eigenvalue weighted by Crippen LogP contribution is 2.49. The van der Waals surface area contributed by atoms with Gasteiger partial charge in [-0.25, -0.2) is 0 Å². The second-order valence-corrected chi connectivity index (χ2v) is 3.95. The number of hydrogen-bond donors (Lipinski definition) is 1. The fourth-order valence-corrected chi connectivity index (χ4v) is 2.29. The first-order chi connectivity index (χ1) is 6.21. The Hall–Kier alpha value is -0.610. The van der Waals surface area contributed by atoms with E-state index in [9.17, 15) is 4.79 Å². The Kier molecular flexibility index (Phi) is 2.04. The molecular weight excluding hydrogens is 172 g/mol. The van der Waals surface area contributed by atoms with Gasteiger partial charge in [-0.2, -0.15) is 0 Å². The second-order valence-electron chi connectivity index (χ2n) is 3.95. The van der Waals surface area contributed by atoms with Gasteiger partial charge in [0.15, 0.2) is 0 Å². The van der Waals surface area contributed by atoms with E-state index < -0.39 is 0 Å². The van der Waals surface area contributed by atoms with E-state index in [2.05, 4.69) is 4.74 Å². The van der Waals surface area contributed by atoms with Crippen molar-refractivity contribution in [3.8, 4) is 0 Å². The average Bonchev–Trinajstić information content (AvgIpc) is 2.15. The molecule has 3 aliphatic rings. The Morgan fingerprint density at radius 3 is 2.77 bits per heavy atom. The first kappa shape index (κ1) is 8.97. The van der Waals surface area contributed by atoms with Crippen LogP contribution in [0, 0.1) is 11.8 Å². The van der Waals surface area contributed by atoms with Gasteiger partial charge >= 0.3 is 5.97 Å². The number of aliphatic hydroxyl groups excluding tert-OH is 1. The molecule has 0 aromatic rings. The second kappa shape index (κ2) is 2.96. The Morgan fingerprint density at radius 1 is 1.69 bits per heavy atom. The highest BCUT2D eigenvalue weighted by molar-refractivity contribution is 5.73. The number of aliphatic hydroxyl groups is 1. The molecule has 2 bridgehead atoms. The van der Waals surface area contributed by atoms with Gasteiger partial charge in [-0.1, -0.05) is 0 Å². The van der Waals surface area contributed by atoms with Crippen molar-refractivity contribution in [3.05, 3.63) is 0 Å². The van der Waals surface area contributed by atoms with Crippen LogP contribution >= 0.6 is 0 Å². The standard InChI is InChI=1S/C9H14O4/c1-12-8(11)7-4-13-9(5-10)2-6(7)3-9/h6-7,10H,2-5H2,1H3. The predicted molar refractivity (Wildman–Crippen MR) is 44.0 cm³/mol. The lowest BCUT2D eigenvalue weighted by atomic mass is 9.63. The Balaban J connectivity index is 1.97. The van der Waals surface area contributed by atoms with Crippen molar-refractivity contribution in [1.82, 2.24) is 0 Å². The van der Waals surface area contributed by atoms with Crippen LogP contribution < -0.4 is 0 Å². The van der Waals surface area contributed by atoms with Gasteiger partial charge in [-0.05, 0) is 18.8 Å². The molecule has 1 aliphatic carbocycles. The van der Waals surface area contributed by atoms with Crippen LogP contribution in [0.4, 0.5) is 0 Å². The van der Waals surface area contributed by atoms with Gasteiger partial charge in [-0.3, -0.25) is 4.79 Å². The molecule has 13 heavy (non-hydrogen) atoms. The first-order valence-electron chi connectivity index (χ1n) is 4.53. The number of methoxy groups -OCH3 is 1. The lowest BCUT2D eigenvalue weighted by Crippen LogP contribution is -2.59. The number of fused-ring (bicyclic) bond motifs is 2. The summed E-state index contributed by atoms with van der Waals surface area (Å²) in [7, 11) is 1.40. The molecule has 0 amide bonds. The summed E-state index contributed by atoms with van der Waals surface area (Å²) in [6, 6.07) is 0. The monoisotopic (exact) mass is 186 g/mol. The molecule has 3 rings (SSSR count). The summed E-state index contributed by atoms with van der Waals surface area (Å²) in [6.45, 7) is 0.468. The van der Waals surface area contributed by atoms with Crippen molar-refractivity contribution in [2.75, 3.05) is 20.3 Å². The average molecular weight is 186 g/mol.